The summed E-state index contributed by atoms with van der Waals surface area (Å²) in [6, 6.07) is 0. The number of amides is 1. The lowest BCUT2D eigenvalue weighted by atomic mass is 9.93. The second-order valence-electron chi connectivity index (χ2n) is 4.71. The van der Waals surface area contributed by atoms with Crippen LogP contribution < -0.4 is 5.73 Å². The van der Waals surface area contributed by atoms with Crippen LogP contribution in [-0.2, 0) is 4.79 Å². The third-order valence-electron chi connectivity index (χ3n) is 2.84. The number of oxime groups is 1. The molecular weight excluding hydrogens is 218 g/mol. The second-order valence-corrected chi connectivity index (χ2v) is 4.71. The van der Waals surface area contributed by atoms with Crippen molar-refractivity contribution in [2.45, 2.75) is 40.0 Å². The van der Waals surface area contributed by atoms with Gasteiger partial charge in [0.1, 0.15) is 5.92 Å². The van der Waals surface area contributed by atoms with Crippen LogP contribution in [0.3, 0.4) is 0 Å². The van der Waals surface area contributed by atoms with E-state index < -0.39 is 5.92 Å². The summed E-state index contributed by atoms with van der Waals surface area (Å²) in [5.41, 5.74) is 5.56. The molecule has 0 fully saturated rings. The monoisotopic (exact) mass is 243 g/mol. The minimum absolute atomic E-state index is 0.00709. The fraction of sp³-hybridized carbons (Fsp3) is 0.833. The SMILES string of the molecule is CCCCCN(C)C(=O)C(C(N)=NO)C(C)C. The molecule has 5 heteroatoms. The molecule has 0 aliphatic heterocycles. The average Bonchev–Trinajstić information content (AvgIpc) is 2.28. The highest BCUT2D eigenvalue weighted by molar-refractivity contribution is 6.02. The molecule has 0 saturated heterocycles. The molecule has 0 aliphatic rings. The lowest BCUT2D eigenvalue weighted by molar-refractivity contribution is -0.133. The Morgan fingerprint density at radius 2 is 2.00 bits per heavy atom. The summed E-state index contributed by atoms with van der Waals surface area (Å²) in [5, 5.41) is 11.6. The average molecular weight is 243 g/mol. The lowest BCUT2D eigenvalue weighted by Gasteiger charge is -2.25. The Kier molecular flexibility index (Phi) is 7.34. The summed E-state index contributed by atoms with van der Waals surface area (Å²) in [4.78, 5) is 13.8. The van der Waals surface area contributed by atoms with Crippen LogP contribution >= 0.6 is 0 Å². The molecule has 0 aromatic carbocycles. The first-order valence-corrected chi connectivity index (χ1v) is 6.18. The van der Waals surface area contributed by atoms with E-state index in [0.29, 0.717) is 6.54 Å². The zero-order valence-electron chi connectivity index (χ0n) is 11.3. The predicted molar refractivity (Wildman–Crippen MR) is 68.9 cm³/mol. The first-order valence-electron chi connectivity index (χ1n) is 6.18. The van der Waals surface area contributed by atoms with Crippen molar-refractivity contribution < 1.29 is 10.0 Å². The van der Waals surface area contributed by atoms with Crippen LogP contribution in [0.2, 0.25) is 0 Å². The maximum Gasteiger partial charge on any atom is 0.233 e. The molecule has 0 bridgehead atoms. The quantitative estimate of drug-likeness (QED) is 0.235. The summed E-state index contributed by atoms with van der Waals surface area (Å²) < 4.78 is 0. The number of rotatable bonds is 7. The summed E-state index contributed by atoms with van der Waals surface area (Å²) in [5.74, 6) is -0.600. The van der Waals surface area contributed by atoms with Crippen molar-refractivity contribution in [1.82, 2.24) is 4.90 Å². The molecule has 0 rings (SSSR count). The van der Waals surface area contributed by atoms with E-state index in [1.807, 2.05) is 13.8 Å². The van der Waals surface area contributed by atoms with Crippen molar-refractivity contribution in [1.29, 1.82) is 0 Å². The number of hydrogen-bond donors (Lipinski definition) is 2. The molecule has 0 aliphatic carbocycles. The van der Waals surface area contributed by atoms with E-state index in [1.54, 1.807) is 11.9 Å². The van der Waals surface area contributed by atoms with Gasteiger partial charge in [-0.1, -0.05) is 38.8 Å². The van der Waals surface area contributed by atoms with Crippen LogP contribution in [-0.4, -0.2) is 35.4 Å². The van der Waals surface area contributed by atoms with E-state index >= 15 is 0 Å². The van der Waals surface area contributed by atoms with Crippen LogP contribution in [0.1, 0.15) is 40.0 Å². The Morgan fingerprint density at radius 1 is 1.41 bits per heavy atom. The van der Waals surface area contributed by atoms with Crippen molar-refractivity contribution in [3.63, 3.8) is 0 Å². The van der Waals surface area contributed by atoms with Gasteiger partial charge in [-0.05, 0) is 12.3 Å². The zero-order valence-corrected chi connectivity index (χ0v) is 11.3. The van der Waals surface area contributed by atoms with Crippen LogP contribution in [0, 0.1) is 11.8 Å². The largest absolute Gasteiger partial charge is 0.409 e. The van der Waals surface area contributed by atoms with Crippen molar-refractivity contribution in [2.24, 2.45) is 22.7 Å². The molecule has 0 aromatic rings. The topological polar surface area (TPSA) is 78.9 Å². The number of unbranched alkanes of at least 4 members (excludes halogenated alkanes) is 2. The van der Waals surface area contributed by atoms with E-state index in [2.05, 4.69) is 12.1 Å². The third kappa shape index (κ3) is 5.06. The molecule has 0 aromatic heterocycles. The molecule has 1 atom stereocenters. The molecule has 1 amide bonds. The van der Waals surface area contributed by atoms with Crippen LogP contribution in [0.4, 0.5) is 0 Å². The van der Waals surface area contributed by atoms with Crippen LogP contribution in [0.5, 0.6) is 0 Å². The van der Waals surface area contributed by atoms with E-state index in [4.69, 9.17) is 10.9 Å². The summed E-state index contributed by atoms with van der Waals surface area (Å²) >= 11 is 0. The maximum absolute atomic E-state index is 12.1. The smallest absolute Gasteiger partial charge is 0.233 e. The van der Waals surface area contributed by atoms with Crippen LogP contribution in [0.25, 0.3) is 0 Å². The second kappa shape index (κ2) is 7.92. The van der Waals surface area contributed by atoms with Gasteiger partial charge in [0, 0.05) is 13.6 Å². The number of carbonyl (C=O) groups is 1. The number of hydrogen-bond acceptors (Lipinski definition) is 3. The standard InChI is InChI=1S/C12H25N3O2/c1-5-6-7-8-15(4)12(16)10(9(2)3)11(13)14-17/h9-10,17H,5-8H2,1-4H3,(H2,13,14). The van der Waals surface area contributed by atoms with Gasteiger partial charge in [0.25, 0.3) is 0 Å². The Balaban J connectivity index is 4.51. The lowest BCUT2D eigenvalue weighted by Crippen LogP contribution is -2.43. The fourth-order valence-electron chi connectivity index (χ4n) is 1.76. The molecule has 5 nitrogen and oxygen atoms in total. The minimum Gasteiger partial charge on any atom is -0.409 e. The zero-order chi connectivity index (χ0) is 13.4. The summed E-state index contributed by atoms with van der Waals surface area (Å²) in [7, 11) is 1.76. The van der Waals surface area contributed by atoms with Gasteiger partial charge in [-0.3, -0.25) is 4.79 Å². The summed E-state index contributed by atoms with van der Waals surface area (Å²) in [6.45, 7) is 6.62. The maximum atomic E-state index is 12.1. The Bertz CT molecular complexity index is 264. The van der Waals surface area contributed by atoms with E-state index in [-0.39, 0.29) is 17.7 Å². The van der Waals surface area contributed by atoms with Crippen molar-refractivity contribution >= 4 is 11.7 Å². The van der Waals surface area contributed by atoms with E-state index in [1.165, 1.54) is 0 Å². The third-order valence-corrected chi connectivity index (χ3v) is 2.84. The highest BCUT2D eigenvalue weighted by atomic mass is 16.4. The predicted octanol–water partition coefficient (Wildman–Crippen LogP) is 1.65. The van der Waals surface area contributed by atoms with Gasteiger partial charge in [-0.15, -0.1) is 0 Å². The van der Waals surface area contributed by atoms with Gasteiger partial charge in [-0.2, -0.15) is 0 Å². The van der Waals surface area contributed by atoms with E-state index in [0.717, 1.165) is 19.3 Å². The highest BCUT2D eigenvalue weighted by Gasteiger charge is 2.28. The Morgan fingerprint density at radius 3 is 2.41 bits per heavy atom. The number of amidine groups is 1. The molecule has 0 heterocycles. The van der Waals surface area contributed by atoms with E-state index in [9.17, 15) is 4.79 Å². The number of nitrogens with zero attached hydrogens (tertiary/aromatic N) is 2. The van der Waals surface area contributed by atoms with Crippen molar-refractivity contribution in [3.05, 3.63) is 0 Å². The molecule has 1 unspecified atom stereocenters. The van der Waals surface area contributed by atoms with Gasteiger partial charge < -0.3 is 15.8 Å². The van der Waals surface area contributed by atoms with Crippen molar-refractivity contribution in [3.8, 4) is 0 Å². The normalized spacial score (nSPS) is 13.8. The molecular formula is C12H25N3O2. The summed E-state index contributed by atoms with van der Waals surface area (Å²) in [6.07, 6.45) is 3.21. The first-order chi connectivity index (χ1) is 7.95. The van der Waals surface area contributed by atoms with Gasteiger partial charge in [0.2, 0.25) is 5.91 Å². The molecule has 100 valence electrons. The number of nitrogens with two attached hydrogens (primary N) is 1. The minimum atomic E-state index is -0.536. The Hall–Kier alpha value is -1.26. The molecule has 0 saturated carbocycles. The Labute approximate surface area is 104 Å². The molecule has 0 spiro atoms. The fourth-order valence-corrected chi connectivity index (χ4v) is 1.76. The van der Waals surface area contributed by atoms with Gasteiger partial charge >= 0.3 is 0 Å². The van der Waals surface area contributed by atoms with Gasteiger partial charge in [0.05, 0.1) is 0 Å². The molecule has 17 heavy (non-hydrogen) atoms. The first kappa shape index (κ1) is 15.7. The van der Waals surface area contributed by atoms with Crippen molar-refractivity contribution in [2.75, 3.05) is 13.6 Å². The number of carbonyl (C=O) groups excluding carboxylic acids is 1. The van der Waals surface area contributed by atoms with Crippen LogP contribution in [0.15, 0.2) is 5.16 Å². The molecule has 0 radical (unpaired) electrons. The molecule has 3 N–H and O–H groups in total. The highest BCUT2D eigenvalue weighted by Crippen LogP contribution is 2.14. The van der Waals surface area contributed by atoms with Gasteiger partial charge in [-0.25, -0.2) is 0 Å². The van der Waals surface area contributed by atoms with Gasteiger partial charge in [0.15, 0.2) is 5.84 Å².